The molecule has 0 bridgehead atoms. The molecule has 0 aliphatic heterocycles. The molecule has 0 fully saturated rings. The highest BCUT2D eigenvalue weighted by molar-refractivity contribution is 6.01. The number of anilines is 2. The number of carbonyl (C=O) groups excluding carboxylic acids is 1. The lowest BCUT2D eigenvalue weighted by Crippen LogP contribution is -2.20. The number of aromatic nitrogens is 5. The van der Waals surface area contributed by atoms with Crippen LogP contribution in [0.4, 0.5) is 16.2 Å². The largest absolute Gasteiger partial charge is 0.492 e. The van der Waals surface area contributed by atoms with E-state index < -0.39 is 0 Å². The lowest BCUT2D eigenvalue weighted by Gasteiger charge is -2.12. The molecular weight excluding hydrogens is 430 g/mol. The Hall–Kier alpha value is -4.79. The van der Waals surface area contributed by atoms with E-state index in [4.69, 9.17) is 9.84 Å². The average Bonchev–Trinajstić information content (AvgIpc) is 3.29. The van der Waals surface area contributed by atoms with Crippen molar-refractivity contribution < 1.29 is 9.53 Å². The molecule has 0 saturated carbocycles. The second-order valence-electron chi connectivity index (χ2n) is 7.34. The summed E-state index contributed by atoms with van der Waals surface area (Å²) in [5.41, 5.74) is 4.22. The van der Waals surface area contributed by atoms with Crippen LogP contribution in [0.5, 0.6) is 5.75 Å². The molecule has 0 spiro atoms. The maximum absolute atomic E-state index is 12.6. The lowest BCUT2D eigenvalue weighted by molar-refractivity contribution is 0.262. The van der Waals surface area contributed by atoms with Crippen LogP contribution in [-0.2, 0) is 0 Å². The van der Waals surface area contributed by atoms with E-state index in [1.54, 1.807) is 23.0 Å². The summed E-state index contributed by atoms with van der Waals surface area (Å²) in [6.07, 6.45) is 3.42. The highest BCUT2D eigenvalue weighted by atomic mass is 16.5. The van der Waals surface area contributed by atoms with Crippen LogP contribution in [0.2, 0.25) is 0 Å². The van der Waals surface area contributed by atoms with Gasteiger partial charge in [-0.3, -0.25) is 4.98 Å². The fraction of sp³-hybridized carbons (Fsp3) is 0.0800. The van der Waals surface area contributed by atoms with E-state index in [-0.39, 0.29) is 6.03 Å². The Morgan fingerprint density at radius 3 is 2.68 bits per heavy atom. The van der Waals surface area contributed by atoms with Gasteiger partial charge in [0.1, 0.15) is 5.75 Å². The molecule has 9 nitrogen and oxygen atoms in total. The number of carbonyl (C=O) groups is 1. The predicted molar refractivity (Wildman–Crippen MR) is 130 cm³/mol. The van der Waals surface area contributed by atoms with E-state index in [0.717, 1.165) is 11.1 Å². The summed E-state index contributed by atoms with van der Waals surface area (Å²) < 4.78 is 7.25. The molecule has 2 aromatic carbocycles. The first-order valence-electron chi connectivity index (χ1n) is 10.7. The molecule has 0 atom stereocenters. The van der Waals surface area contributed by atoms with E-state index in [9.17, 15) is 4.79 Å². The zero-order valence-corrected chi connectivity index (χ0v) is 18.3. The van der Waals surface area contributed by atoms with Gasteiger partial charge >= 0.3 is 6.03 Å². The summed E-state index contributed by atoms with van der Waals surface area (Å²) in [7, 11) is 0. The summed E-state index contributed by atoms with van der Waals surface area (Å²) >= 11 is 0. The predicted octanol–water partition coefficient (Wildman–Crippen LogP) is 4.90. The zero-order valence-electron chi connectivity index (χ0n) is 18.3. The maximum atomic E-state index is 12.6. The van der Waals surface area contributed by atoms with E-state index >= 15 is 0 Å². The Bertz CT molecular complexity index is 1450. The fourth-order valence-corrected chi connectivity index (χ4v) is 3.51. The van der Waals surface area contributed by atoms with Gasteiger partial charge in [-0.25, -0.2) is 4.79 Å². The Kier molecular flexibility index (Phi) is 5.81. The number of rotatable bonds is 6. The van der Waals surface area contributed by atoms with Gasteiger partial charge < -0.3 is 15.4 Å². The third kappa shape index (κ3) is 4.40. The van der Waals surface area contributed by atoms with Crippen LogP contribution in [-0.4, -0.2) is 37.4 Å². The molecule has 34 heavy (non-hydrogen) atoms. The molecule has 2 N–H and O–H groups in total. The van der Waals surface area contributed by atoms with Crippen molar-refractivity contribution in [2.45, 2.75) is 6.92 Å². The number of amides is 2. The molecule has 5 rings (SSSR count). The van der Waals surface area contributed by atoms with E-state index in [2.05, 4.69) is 25.8 Å². The number of hydrogen-bond donors (Lipinski definition) is 2. The minimum Gasteiger partial charge on any atom is -0.492 e. The zero-order chi connectivity index (χ0) is 23.3. The van der Waals surface area contributed by atoms with Crippen LogP contribution in [0.25, 0.3) is 28.3 Å². The van der Waals surface area contributed by atoms with Crippen LogP contribution in [0, 0.1) is 0 Å². The molecule has 3 heterocycles. The van der Waals surface area contributed by atoms with Crippen molar-refractivity contribution in [3.8, 4) is 28.4 Å². The van der Waals surface area contributed by atoms with Gasteiger partial charge in [0.05, 0.1) is 18.0 Å². The molecule has 0 radical (unpaired) electrons. The van der Waals surface area contributed by atoms with Gasteiger partial charge in [0.2, 0.25) is 0 Å². The lowest BCUT2D eigenvalue weighted by atomic mass is 10.1. The minimum absolute atomic E-state index is 0.370. The fourth-order valence-electron chi connectivity index (χ4n) is 3.51. The van der Waals surface area contributed by atoms with Gasteiger partial charge in [-0.2, -0.15) is 9.61 Å². The highest BCUT2D eigenvalue weighted by Crippen LogP contribution is 2.25. The quantitative estimate of drug-likeness (QED) is 0.380. The topological polar surface area (TPSA) is 106 Å². The molecule has 5 aromatic rings. The number of benzene rings is 2. The van der Waals surface area contributed by atoms with Gasteiger partial charge in [-0.05, 0) is 55.5 Å². The van der Waals surface area contributed by atoms with Crippen molar-refractivity contribution in [2.24, 2.45) is 0 Å². The first-order valence-corrected chi connectivity index (χ1v) is 10.7. The highest BCUT2D eigenvalue weighted by Gasteiger charge is 2.12. The second kappa shape index (κ2) is 9.37. The average molecular weight is 451 g/mol. The first-order chi connectivity index (χ1) is 16.7. The Morgan fingerprint density at radius 2 is 1.82 bits per heavy atom. The second-order valence-corrected chi connectivity index (χ2v) is 7.34. The van der Waals surface area contributed by atoms with E-state index in [1.807, 2.05) is 73.7 Å². The summed E-state index contributed by atoms with van der Waals surface area (Å²) in [6.45, 7) is 2.40. The van der Waals surface area contributed by atoms with Crippen molar-refractivity contribution in [3.63, 3.8) is 0 Å². The number of ether oxygens (including phenoxy) is 1. The summed E-state index contributed by atoms with van der Waals surface area (Å²) in [5.74, 6) is 1.22. The minimum atomic E-state index is -0.370. The molecular formula is C25H21N7O2. The van der Waals surface area contributed by atoms with E-state index in [1.165, 1.54) is 0 Å². The number of pyridine rings is 1. The van der Waals surface area contributed by atoms with Crippen molar-refractivity contribution in [1.29, 1.82) is 0 Å². The molecule has 0 unspecified atom stereocenters. The molecule has 2 amide bonds. The van der Waals surface area contributed by atoms with Crippen molar-refractivity contribution in [2.75, 3.05) is 17.2 Å². The number of hydrogen-bond acceptors (Lipinski definition) is 6. The van der Waals surface area contributed by atoms with Crippen molar-refractivity contribution in [3.05, 3.63) is 85.2 Å². The third-order valence-electron chi connectivity index (χ3n) is 5.03. The maximum Gasteiger partial charge on any atom is 0.323 e. The number of para-hydroxylation sites is 2. The van der Waals surface area contributed by atoms with Crippen LogP contribution >= 0.6 is 0 Å². The van der Waals surface area contributed by atoms with E-state index in [0.29, 0.717) is 40.9 Å². The van der Waals surface area contributed by atoms with Gasteiger partial charge in [0.25, 0.3) is 0 Å². The van der Waals surface area contributed by atoms with Crippen LogP contribution in [0.15, 0.2) is 85.2 Å². The van der Waals surface area contributed by atoms with Gasteiger partial charge in [-0.1, -0.05) is 24.3 Å². The Morgan fingerprint density at radius 1 is 0.941 bits per heavy atom. The number of nitrogens with zero attached hydrogens (tertiary/aromatic N) is 5. The van der Waals surface area contributed by atoms with Crippen molar-refractivity contribution in [1.82, 2.24) is 24.8 Å². The molecule has 0 aliphatic rings. The molecule has 0 saturated heterocycles. The van der Waals surface area contributed by atoms with Crippen LogP contribution in [0.1, 0.15) is 6.92 Å². The van der Waals surface area contributed by atoms with Crippen LogP contribution in [0.3, 0.4) is 0 Å². The Balaban J connectivity index is 1.38. The number of fused-ring (bicyclic) bond motifs is 1. The normalized spacial score (nSPS) is 10.7. The molecule has 0 aliphatic carbocycles. The standard InChI is InChI=1S/C25H21N7O2/c1-2-34-22-11-4-3-10-21(22)28-25(33)27-19-9-5-7-17(15-19)20-12-13-23-29-30-24(32(23)31-20)18-8-6-14-26-16-18/h3-16H,2H2,1H3,(H2,27,28,33). The monoisotopic (exact) mass is 451 g/mol. The molecule has 168 valence electrons. The van der Waals surface area contributed by atoms with Crippen molar-refractivity contribution >= 4 is 23.1 Å². The Labute approximate surface area is 195 Å². The summed E-state index contributed by atoms with van der Waals surface area (Å²) in [5, 5.41) is 18.9. The summed E-state index contributed by atoms with van der Waals surface area (Å²) in [6, 6.07) is 21.9. The van der Waals surface area contributed by atoms with Gasteiger partial charge in [-0.15, -0.1) is 10.2 Å². The van der Waals surface area contributed by atoms with Gasteiger partial charge in [0.15, 0.2) is 11.5 Å². The number of urea groups is 1. The smallest absolute Gasteiger partial charge is 0.323 e. The van der Waals surface area contributed by atoms with Gasteiger partial charge in [0, 0.05) is 29.2 Å². The SMILES string of the molecule is CCOc1ccccc1NC(=O)Nc1cccc(-c2ccc3nnc(-c4cccnc4)n3n2)c1. The van der Waals surface area contributed by atoms with Crippen LogP contribution < -0.4 is 15.4 Å². The number of nitrogens with one attached hydrogen (secondary N) is 2. The molecule has 9 heteroatoms. The third-order valence-corrected chi connectivity index (χ3v) is 5.03. The summed E-state index contributed by atoms with van der Waals surface area (Å²) in [4.78, 5) is 16.8. The molecule has 3 aromatic heterocycles. The first kappa shape index (κ1) is 21.1.